The first-order valence-corrected chi connectivity index (χ1v) is 9.14. The zero-order valence-corrected chi connectivity index (χ0v) is 13.7. The Morgan fingerprint density at radius 3 is 2.29 bits per heavy atom. The Bertz CT molecular complexity index is 654. The molecule has 0 saturated carbocycles. The Labute approximate surface area is 138 Å². The highest BCUT2D eigenvalue weighted by molar-refractivity contribution is 7.88. The van der Waals surface area contributed by atoms with E-state index in [0.717, 1.165) is 0 Å². The van der Waals surface area contributed by atoms with Crippen molar-refractivity contribution in [1.29, 1.82) is 0 Å². The molecule has 5 nitrogen and oxygen atoms in total. The molecule has 134 valence electrons. The summed E-state index contributed by atoms with van der Waals surface area (Å²) in [7, 11) is -3.50. The summed E-state index contributed by atoms with van der Waals surface area (Å²) in [5.41, 5.74) is 0.669. The maximum Gasteiger partial charge on any atom is 0.405 e. The van der Waals surface area contributed by atoms with Crippen molar-refractivity contribution in [3.8, 4) is 0 Å². The topological polar surface area (TPSA) is 66.5 Å². The Balaban J connectivity index is 1.86. The van der Waals surface area contributed by atoms with Crippen LogP contribution in [0.5, 0.6) is 0 Å². The molecule has 1 aromatic rings. The van der Waals surface area contributed by atoms with Gasteiger partial charge in [0.05, 0.1) is 5.75 Å². The molecule has 0 bridgehead atoms. The van der Waals surface area contributed by atoms with Crippen molar-refractivity contribution in [1.82, 2.24) is 9.62 Å². The second kappa shape index (κ2) is 7.52. The largest absolute Gasteiger partial charge is 0.405 e. The van der Waals surface area contributed by atoms with Crippen molar-refractivity contribution in [3.63, 3.8) is 0 Å². The van der Waals surface area contributed by atoms with Crippen LogP contribution in [-0.4, -0.2) is 44.4 Å². The summed E-state index contributed by atoms with van der Waals surface area (Å²) in [6.45, 7) is -1.09. The highest BCUT2D eigenvalue weighted by Crippen LogP contribution is 2.22. The molecule has 0 spiro atoms. The van der Waals surface area contributed by atoms with Gasteiger partial charge in [0.15, 0.2) is 0 Å². The molecule has 1 amide bonds. The minimum Gasteiger partial charge on any atom is -0.347 e. The zero-order chi connectivity index (χ0) is 17.8. The van der Waals surface area contributed by atoms with Crippen molar-refractivity contribution < 1.29 is 26.4 Å². The molecule has 9 heteroatoms. The normalized spacial score (nSPS) is 17.6. The first kappa shape index (κ1) is 18.7. The van der Waals surface area contributed by atoms with Crippen molar-refractivity contribution in [2.75, 3.05) is 19.6 Å². The third-order valence-corrected chi connectivity index (χ3v) is 5.72. The lowest BCUT2D eigenvalue weighted by Crippen LogP contribution is -2.44. The molecular formula is C15H19F3N2O3S. The van der Waals surface area contributed by atoms with E-state index in [2.05, 4.69) is 0 Å². The number of halogens is 3. The number of sulfonamides is 1. The van der Waals surface area contributed by atoms with E-state index >= 15 is 0 Å². The average molecular weight is 364 g/mol. The van der Waals surface area contributed by atoms with Crippen molar-refractivity contribution >= 4 is 15.9 Å². The smallest absolute Gasteiger partial charge is 0.347 e. The number of rotatable bonds is 5. The number of benzene rings is 1. The summed E-state index contributed by atoms with van der Waals surface area (Å²) >= 11 is 0. The van der Waals surface area contributed by atoms with Gasteiger partial charge in [-0.2, -0.15) is 13.2 Å². The molecule has 1 aromatic carbocycles. The standard InChI is InChI=1S/C15H19F3N2O3S/c16-15(17,18)11-19-14(21)13-6-8-20(9-7-13)24(22,23)10-12-4-2-1-3-5-12/h1-5,13H,6-11H2,(H,19,21). The Morgan fingerprint density at radius 1 is 1.17 bits per heavy atom. The zero-order valence-electron chi connectivity index (χ0n) is 12.9. The summed E-state index contributed by atoms with van der Waals surface area (Å²) in [6, 6.07) is 8.73. The van der Waals surface area contributed by atoms with E-state index in [9.17, 15) is 26.4 Å². The number of hydrogen-bond acceptors (Lipinski definition) is 3. The number of amides is 1. The van der Waals surface area contributed by atoms with Crippen LogP contribution >= 0.6 is 0 Å². The van der Waals surface area contributed by atoms with Crippen molar-refractivity contribution in [2.45, 2.75) is 24.8 Å². The number of hydrogen-bond donors (Lipinski definition) is 1. The molecule has 1 aliphatic rings. The fourth-order valence-electron chi connectivity index (χ4n) is 2.60. The van der Waals surface area contributed by atoms with Crippen LogP contribution in [0.25, 0.3) is 0 Å². The first-order chi connectivity index (χ1) is 11.2. The van der Waals surface area contributed by atoms with Gasteiger partial charge in [-0.3, -0.25) is 4.79 Å². The monoisotopic (exact) mass is 364 g/mol. The van der Waals surface area contributed by atoms with Gasteiger partial charge in [-0.15, -0.1) is 0 Å². The molecule has 0 aliphatic carbocycles. The van der Waals surface area contributed by atoms with Crippen molar-refractivity contribution in [3.05, 3.63) is 35.9 Å². The van der Waals surface area contributed by atoms with E-state index in [-0.39, 0.29) is 31.7 Å². The number of alkyl halides is 3. The van der Waals surface area contributed by atoms with Crippen LogP contribution in [0.2, 0.25) is 0 Å². The van der Waals surface area contributed by atoms with Crippen LogP contribution in [0.1, 0.15) is 18.4 Å². The van der Waals surface area contributed by atoms with E-state index in [4.69, 9.17) is 0 Å². The fraction of sp³-hybridized carbons (Fsp3) is 0.533. The van der Waals surface area contributed by atoms with Crippen LogP contribution in [0.4, 0.5) is 13.2 Å². The number of nitrogens with zero attached hydrogens (tertiary/aromatic N) is 1. The second-order valence-corrected chi connectivity index (χ2v) is 7.72. The maximum absolute atomic E-state index is 12.4. The SMILES string of the molecule is O=C(NCC(F)(F)F)C1CCN(S(=O)(=O)Cc2ccccc2)CC1. The lowest BCUT2D eigenvalue weighted by molar-refractivity contribution is -0.141. The predicted octanol–water partition coefficient (Wildman–Crippen LogP) is 1.91. The molecule has 1 N–H and O–H groups in total. The molecule has 0 unspecified atom stereocenters. The van der Waals surface area contributed by atoms with Gasteiger partial charge in [0.25, 0.3) is 0 Å². The molecule has 1 fully saturated rings. The maximum atomic E-state index is 12.4. The molecule has 1 aliphatic heterocycles. The van der Waals surface area contributed by atoms with Gasteiger partial charge < -0.3 is 5.32 Å². The number of carbonyl (C=O) groups is 1. The van der Waals surface area contributed by atoms with Crippen LogP contribution < -0.4 is 5.32 Å². The predicted molar refractivity (Wildman–Crippen MR) is 82.4 cm³/mol. The van der Waals surface area contributed by atoms with Crippen LogP contribution in [-0.2, 0) is 20.6 Å². The Morgan fingerprint density at radius 2 is 1.75 bits per heavy atom. The van der Waals surface area contributed by atoms with E-state index < -0.39 is 34.6 Å². The van der Waals surface area contributed by atoms with E-state index in [1.165, 1.54) is 4.31 Å². The van der Waals surface area contributed by atoms with E-state index in [0.29, 0.717) is 5.56 Å². The third-order valence-electron chi connectivity index (χ3n) is 3.87. The Kier molecular flexibility index (Phi) is 5.87. The molecule has 2 rings (SSSR count). The number of carbonyl (C=O) groups excluding carboxylic acids is 1. The van der Waals surface area contributed by atoms with Gasteiger partial charge in [0, 0.05) is 19.0 Å². The quantitative estimate of drug-likeness (QED) is 0.868. The lowest BCUT2D eigenvalue weighted by atomic mass is 9.97. The average Bonchev–Trinajstić information content (AvgIpc) is 2.52. The minimum atomic E-state index is -4.45. The molecule has 1 heterocycles. The summed E-state index contributed by atoms with van der Waals surface area (Å²) in [5, 5.41) is 1.85. The van der Waals surface area contributed by atoms with Gasteiger partial charge >= 0.3 is 6.18 Å². The molecule has 24 heavy (non-hydrogen) atoms. The highest BCUT2D eigenvalue weighted by atomic mass is 32.2. The van der Waals surface area contributed by atoms with Gasteiger partial charge in [-0.25, -0.2) is 12.7 Å². The minimum absolute atomic E-state index is 0.126. The fourth-order valence-corrected chi connectivity index (χ4v) is 4.17. The third kappa shape index (κ3) is 5.48. The number of piperidine rings is 1. The molecular weight excluding hydrogens is 345 g/mol. The van der Waals surface area contributed by atoms with Crippen LogP contribution in [0, 0.1) is 5.92 Å². The van der Waals surface area contributed by atoms with Gasteiger partial charge in [0.2, 0.25) is 15.9 Å². The molecule has 0 aromatic heterocycles. The summed E-state index contributed by atoms with van der Waals surface area (Å²) in [4.78, 5) is 11.7. The summed E-state index contributed by atoms with van der Waals surface area (Å²) in [6.07, 6.45) is -4.01. The van der Waals surface area contributed by atoms with Crippen LogP contribution in [0.3, 0.4) is 0 Å². The van der Waals surface area contributed by atoms with E-state index in [1.807, 2.05) is 5.32 Å². The van der Waals surface area contributed by atoms with E-state index in [1.54, 1.807) is 30.3 Å². The second-order valence-electron chi connectivity index (χ2n) is 5.75. The van der Waals surface area contributed by atoms with Crippen LogP contribution in [0.15, 0.2) is 30.3 Å². The molecule has 0 atom stereocenters. The van der Waals surface area contributed by atoms with Gasteiger partial charge in [-0.1, -0.05) is 30.3 Å². The van der Waals surface area contributed by atoms with Gasteiger partial charge in [0.1, 0.15) is 6.54 Å². The Hall–Kier alpha value is -1.61. The first-order valence-electron chi connectivity index (χ1n) is 7.53. The lowest BCUT2D eigenvalue weighted by Gasteiger charge is -2.30. The highest BCUT2D eigenvalue weighted by Gasteiger charge is 2.33. The van der Waals surface area contributed by atoms with Crippen molar-refractivity contribution in [2.24, 2.45) is 5.92 Å². The molecule has 0 radical (unpaired) electrons. The molecule has 1 saturated heterocycles. The number of nitrogens with one attached hydrogen (secondary N) is 1. The summed E-state index contributed by atoms with van der Waals surface area (Å²) in [5.74, 6) is -1.39. The summed E-state index contributed by atoms with van der Waals surface area (Å²) < 4.78 is 62.3. The van der Waals surface area contributed by atoms with Gasteiger partial charge in [-0.05, 0) is 18.4 Å².